The molecule has 0 bridgehead atoms. The van der Waals surface area contributed by atoms with E-state index in [1.54, 1.807) is 0 Å². The van der Waals surface area contributed by atoms with E-state index in [4.69, 9.17) is 11.6 Å². The second-order valence-electron chi connectivity index (χ2n) is 2.44. The summed E-state index contributed by atoms with van der Waals surface area (Å²) in [5.74, 6) is 0.249. The number of rotatable bonds is 4. The van der Waals surface area contributed by atoms with Crippen molar-refractivity contribution in [2.24, 2.45) is 0 Å². The first-order chi connectivity index (χ1) is 6.99. The van der Waals surface area contributed by atoms with Gasteiger partial charge in [-0.3, -0.25) is 0 Å². The molecular weight excluding hydrogens is 251 g/mol. The van der Waals surface area contributed by atoms with Gasteiger partial charge in [0, 0.05) is 12.3 Å². The lowest BCUT2D eigenvalue weighted by molar-refractivity contribution is -0.0327. The molecule has 0 atom stereocenters. The molecule has 3 nitrogen and oxygen atoms in total. The summed E-state index contributed by atoms with van der Waals surface area (Å²) in [4.78, 5) is 7.41. The van der Waals surface area contributed by atoms with E-state index in [2.05, 4.69) is 15.3 Å². The molecule has 0 aliphatic heterocycles. The summed E-state index contributed by atoms with van der Waals surface area (Å²) in [5, 5.41) is 2.97. The van der Waals surface area contributed by atoms with E-state index in [1.807, 2.05) is 0 Å². The molecule has 84 valence electrons. The zero-order valence-electron chi connectivity index (χ0n) is 7.38. The maximum absolute atomic E-state index is 11.7. The molecule has 0 unspecified atom stereocenters. The van der Waals surface area contributed by atoms with Gasteiger partial charge < -0.3 is 5.32 Å². The molecule has 1 aromatic heterocycles. The van der Waals surface area contributed by atoms with Gasteiger partial charge in [0.15, 0.2) is 0 Å². The van der Waals surface area contributed by atoms with E-state index in [1.165, 1.54) is 12.5 Å². The molecule has 0 spiro atoms. The number of nitrogens with one attached hydrogen (secondary N) is 1. The molecule has 0 fully saturated rings. The Bertz CT molecular complexity index is 321. The average Bonchev–Trinajstić information content (AvgIpc) is 2.13. The number of alkyl halides is 3. The Morgan fingerprint density at radius 2 is 2.20 bits per heavy atom. The lowest BCUT2D eigenvalue weighted by Gasteiger charge is -2.07. The van der Waals surface area contributed by atoms with E-state index in [9.17, 15) is 13.2 Å². The van der Waals surface area contributed by atoms with Crippen molar-refractivity contribution < 1.29 is 13.2 Å². The van der Waals surface area contributed by atoms with Crippen LogP contribution in [0.15, 0.2) is 12.5 Å². The van der Waals surface area contributed by atoms with Gasteiger partial charge in [0.2, 0.25) is 0 Å². The number of nitrogens with zero attached hydrogens (tertiary/aromatic N) is 2. The highest BCUT2D eigenvalue weighted by Gasteiger charge is 2.27. The quantitative estimate of drug-likeness (QED) is 0.842. The Morgan fingerprint density at radius 1 is 1.47 bits per heavy atom. The number of anilines is 1. The van der Waals surface area contributed by atoms with Crippen LogP contribution in [0.2, 0.25) is 5.02 Å². The van der Waals surface area contributed by atoms with Crippen LogP contribution >= 0.6 is 23.4 Å². The lowest BCUT2D eigenvalue weighted by Crippen LogP contribution is -2.10. The molecule has 8 heteroatoms. The van der Waals surface area contributed by atoms with Crippen molar-refractivity contribution >= 4 is 29.2 Å². The van der Waals surface area contributed by atoms with Crippen LogP contribution in [0, 0.1) is 0 Å². The summed E-state index contributed by atoms with van der Waals surface area (Å²) in [6, 6.07) is 0. The van der Waals surface area contributed by atoms with Crippen LogP contribution in [0.25, 0.3) is 0 Å². The molecule has 0 saturated heterocycles. The van der Waals surface area contributed by atoms with E-state index in [-0.39, 0.29) is 29.1 Å². The molecular formula is C7H7ClF3N3S. The molecule has 1 heterocycles. The van der Waals surface area contributed by atoms with Gasteiger partial charge in [-0.15, -0.1) is 0 Å². The van der Waals surface area contributed by atoms with Crippen LogP contribution in [-0.4, -0.2) is 27.8 Å². The van der Waals surface area contributed by atoms with E-state index >= 15 is 0 Å². The van der Waals surface area contributed by atoms with Gasteiger partial charge in [0.1, 0.15) is 17.2 Å². The van der Waals surface area contributed by atoms with Crippen LogP contribution in [0.4, 0.5) is 19.0 Å². The molecule has 0 saturated carbocycles. The van der Waals surface area contributed by atoms with Crippen molar-refractivity contribution in [1.29, 1.82) is 0 Å². The van der Waals surface area contributed by atoms with Crippen LogP contribution < -0.4 is 5.32 Å². The third-order valence-corrected chi connectivity index (χ3v) is 2.34. The summed E-state index contributed by atoms with van der Waals surface area (Å²) in [5.41, 5.74) is -4.20. The smallest absolute Gasteiger partial charge is 0.368 e. The second-order valence-corrected chi connectivity index (χ2v) is 4.01. The zero-order valence-corrected chi connectivity index (χ0v) is 8.96. The monoisotopic (exact) mass is 257 g/mol. The number of aromatic nitrogens is 2. The van der Waals surface area contributed by atoms with Crippen molar-refractivity contribution in [3.8, 4) is 0 Å². The largest absolute Gasteiger partial charge is 0.441 e. The van der Waals surface area contributed by atoms with Crippen LogP contribution in [0.1, 0.15) is 0 Å². The summed E-state index contributed by atoms with van der Waals surface area (Å²) in [6.45, 7) is 0.140. The predicted molar refractivity (Wildman–Crippen MR) is 54.0 cm³/mol. The van der Waals surface area contributed by atoms with Crippen LogP contribution in [0.3, 0.4) is 0 Å². The number of hydrogen-bond donors (Lipinski definition) is 1. The summed E-state index contributed by atoms with van der Waals surface area (Å²) < 4.78 is 35.2. The second kappa shape index (κ2) is 5.41. The first-order valence-electron chi connectivity index (χ1n) is 3.89. The number of halogens is 4. The zero-order chi connectivity index (χ0) is 11.3. The minimum Gasteiger partial charge on any atom is -0.368 e. The van der Waals surface area contributed by atoms with Gasteiger partial charge in [-0.05, 0) is 11.8 Å². The van der Waals surface area contributed by atoms with Crippen molar-refractivity contribution in [3.63, 3.8) is 0 Å². The minimum atomic E-state index is -4.20. The standard InChI is InChI=1S/C7H7ClF3N3S/c8-5-3-12-4-14-6(5)13-1-2-15-7(9,10)11/h3-4H,1-2H2,(H,12,13,14). The SMILES string of the molecule is FC(F)(F)SCCNc1ncncc1Cl. The molecule has 1 aromatic rings. The van der Waals surface area contributed by atoms with Gasteiger partial charge in [-0.2, -0.15) is 13.2 Å². The van der Waals surface area contributed by atoms with Crippen LogP contribution in [-0.2, 0) is 0 Å². The van der Waals surface area contributed by atoms with E-state index < -0.39 is 5.51 Å². The van der Waals surface area contributed by atoms with Crippen molar-refractivity contribution in [2.45, 2.75) is 5.51 Å². The van der Waals surface area contributed by atoms with E-state index in [0.717, 1.165) is 0 Å². The Kier molecular flexibility index (Phi) is 4.46. The third-order valence-electron chi connectivity index (χ3n) is 1.33. The van der Waals surface area contributed by atoms with Gasteiger partial charge in [0.05, 0.1) is 6.20 Å². The molecule has 0 aromatic carbocycles. The van der Waals surface area contributed by atoms with Gasteiger partial charge in [0.25, 0.3) is 0 Å². The Hall–Kier alpha value is -0.690. The Balaban J connectivity index is 2.30. The fraction of sp³-hybridized carbons (Fsp3) is 0.429. The normalized spacial score (nSPS) is 11.5. The first-order valence-corrected chi connectivity index (χ1v) is 5.25. The van der Waals surface area contributed by atoms with Crippen LogP contribution in [0.5, 0.6) is 0 Å². The number of hydrogen-bond acceptors (Lipinski definition) is 4. The number of thioether (sulfide) groups is 1. The molecule has 15 heavy (non-hydrogen) atoms. The maximum Gasteiger partial charge on any atom is 0.441 e. The third kappa shape index (κ3) is 5.08. The maximum atomic E-state index is 11.7. The molecule has 0 aliphatic rings. The molecule has 1 N–H and O–H groups in total. The first kappa shape index (κ1) is 12.4. The molecule has 0 amide bonds. The van der Waals surface area contributed by atoms with Crippen molar-refractivity contribution in [2.75, 3.05) is 17.6 Å². The van der Waals surface area contributed by atoms with E-state index in [0.29, 0.717) is 5.82 Å². The van der Waals surface area contributed by atoms with Gasteiger partial charge in [-0.1, -0.05) is 11.6 Å². The topological polar surface area (TPSA) is 37.8 Å². The van der Waals surface area contributed by atoms with Gasteiger partial charge >= 0.3 is 5.51 Å². The highest BCUT2D eigenvalue weighted by atomic mass is 35.5. The van der Waals surface area contributed by atoms with Crippen molar-refractivity contribution in [3.05, 3.63) is 17.5 Å². The van der Waals surface area contributed by atoms with Gasteiger partial charge in [-0.25, -0.2) is 9.97 Å². The summed E-state index contributed by atoms with van der Waals surface area (Å²) in [7, 11) is 0. The summed E-state index contributed by atoms with van der Waals surface area (Å²) >= 11 is 5.59. The Labute approximate surface area is 93.4 Å². The molecule has 0 aliphatic carbocycles. The fourth-order valence-corrected chi connectivity index (χ4v) is 1.39. The highest BCUT2D eigenvalue weighted by Crippen LogP contribution is 2.29. The predicted octanol–water partition coefficient (Wildman–Crippen LogP) is 2.79. The molecule has 0 radical (unpaired) electrons. The highest BCUT2D eigenvalue weighted by molar-refractivity contribution is 8.00. The fourth-order valence-electron chi connectivity index (χ4n) is 0.779. The molecule has 1 rings (SSSR count). The average molecular weight is 258 g/mol. The Morgan fingerprint density at radius 3 is 2.80 bits per heavy atom. The minimum absolute atomic E-state index is 0.0903. The summed E-state index contributed by atoms with van der Waals surface area (Å²) in [6.07, 6.45) is 2.64. The van der Waals surface area contributed by atoms with Crippen molar-refractivity contribution in [1.82, 2.24) is 9.97 Å². The lowest BCUT2D eigenvalue weighted by atomic mass is 10.5.